The molecule has 2 heterocycles. The lowest BCUT2D eigenvalue weighted by Crippen LogP contribution is -2.38. The van der Waals surface area contributed by atoms with Crippen LogP contribution in [0.1, 0.15) is 32.3 Å². The summed E-state index contributed by atoms with van der Waals surface area (Å²) >= 11 is 0. The molecule has 3 nitrogen and oxygen atoms in total. The third kappa shape index (κ3) is 3.03. The zero-order valence-corrected chi connectivity index (χ0v) is 13.3. The van der Waals surface area contributed by atoms with Crippen molar-refractivity contribution >= 4 is 16.7 Å². The fourth-order valence-electron chi connectivity index (χ4n) is 3.07. The van der Waals surface area contributed by atoms with Gasteiger partial charge in [0.2, 0.25) is 0 Å². The van der Waals surface area contributed by atoms with Crippen molar-refractivity contribution in [2.75, 3.05) is 25.0 Å². The number of aromatic nitrogens is 1. The minimum atomic E-state index is 0.469. The van der Waals surface area contributed by atoms with Crippen molar-refractivity contribution in [3.05, 3.63) is 35.9 Å². The summed E-state index contributed by atoms with van der Waals surface area (Å²) in [5.41, 5.74) is 2.87. The Labute approximate surface area is 127 Å². The molecule has 1 aliphatic rings. The first-order valence-corrected chi connectivity index (χ1v) is 7.87. The van der Waals surface area contributed by atoms with E-state index in [4.69, 9.17) is 4.98 Å². The highest BCUT2D eigenvalue weighted by atomic mass is 15.2. The first-order chi connectivity index (χ1) is 10.1. The van der Waals surface area contributed by atoms with Crippen LogP contribution in [0, 0.1) is 5.41 Å². The summed E-state index contributed by atoms with van der Waals surface area (Å²) in [5, 5.41) is 4.50. The second-order valence-electron chi connectivity index (χ2n) is 6.85. The Morgan fingerprint density at radius 3 is 2.62 bits per heavy atom. The van der Waals surface area contributed by atoms with Crippen molar-refractivity contribution in [3.8, 4) is 0 Å². The summed E-state index contributed by atoms with van der Waals surface area (Å²) in [6.07, 6.45) is 2.47. The SMILES string of the molecule is CNCc1cc2ccccc2nc1N1CCC(C)(C)CC1. The number of hydrogen-bond donors (Lipinski definition) is 1. The summed E-state index contributed by atoms with van der Waals surface area (Å²) in [6.45, 7) is 7.82. The van der Waals surface area contributed by atoms with Gasteiger partial charge in [0, 0.05) is 30.6 Å². The third-order valence-electron chi connectivity index (χ3n) is 4.56. The smallest absolute Gasteiger partial charge is 0.133 e. The van der Waals surface area contributed by atoms with Gasteiger partial charge in [-0.05, 0) is 37.4 Å². The zero-order valence-electron chi connectivity index (χ0n) is 13.3. The van der Waals surface area contributed by atoms with E-state index in [-0.39, 0.29) is 0 Å². The van der Waals surface area contributed by atoms with Gasteiger partial charge in [-0.25, -0.2) is 4.98 Å². The monoisotopic (exact) mass is 283 g/mol. The molecular weight excluding hydrogens is 258 g/mol. The van der Waals surface area contributed by atoms with Crippen LogP contribution in [-0.2, 0) is 6.54 Å². The maximum atomic E-state index is 4.95. The lowest BCUT2D eigenvalue weighted by atomic mass is 9.82. The Morgan fingerprint density at radius 2 is 1.90 bits per heavy atom. The quantitative estimate of drug-likeness (QED) is 0.933. The van der Waals surface area contributed by atoms with Crippen LogP contribution in [0.3, 0.4) is 0 Å². The Balaban J connectivity index is 1.97. The van der Waals surface area contributed by atoms with Crippen molar-refractivity contribution in [1.29, 1.82) is 0 Å². The van der Waals surface area contributed by atoms with Crippen LogP contribution in [0.4, 0.5) is 5.82 Å². The number of hydrogen-bond acceptors (Lipinski definition) is 3. The van der Waals surface area contributed by atoms with Crippen LogP contribution in [0.5, 0.6) is 0 Å². The number of para-hydroxylation sites is 1. The van der Waals surface area contributed by atoms with Gasteiger partial charge in [0.15, 0.2) is 0 Å². The molecule has 1 saturated heterocycles. The summed E-state index contributed by atoms with van der Waals surface area (Å²) in [5.74, 6) is 1.17. The topological polar surface area (TPSA) is 28.2 Å². The largest absolute Gasteiger partial charge is 0.356 e. The van der Waals surface area contributed by atoms with E-state index >= 15 is 0 Å². The van der Waals surface area contributed by atoms with Crippen molar-refractivity contribution in [2.45, 2.75) is 33.2 Å². The molecule has 1 N–H and O–H groups in total. The second-order valence-corrected chi connectivity index (χ2v) is 6.85. The van der Waals surface area contributed by atoms with Crippen molar-refractivity contribution < 1.29 is 0 Å². The summed E-state index contributed by atoms with van der Waals surface area (Å²) in [4.78, 5) is 7.41. The number of pyridine rings is 1. The maximum Gasteiger partial charge on any atom is 0.133 e. The standard InChI is InChI=1S/C18H25N3/c1-18(2)8-10-21(11-9-18)17-15(13-19-3)12-14-6-4-5-7-16(14)20-17/h4-7,12,19H,8-11,13H2,1-3H3. The maximum absolute atomic E-state index is 4.95. The highest BCUT2D eigenvalue weighted by Gasteiger charge is 2.27. The molecule has 1 aromatic carbocycles. The fourth-order valence-corrected chi connectivity index (χ4v) is 3.07. The van der Waals surface area contributed by atoms with E-state index in [1.165, 1.54) is 29.6 Å². The second kappa shape index (κ2) is 5.64. The third-order valence-corrected chi connectivity index (χ3v) is 4.56. The van der Waals surface area contributed by atoms with Crippen molar-refractivity contribution in [1.82, 2.24) is 10.3 Å². The number of anilines is 1. The number of rotatable bonds is 3. The highest BCUT2D eigenvalue weighted by molar-refractivity contribution is 5.81. The van der Waals surface area contributed by atoms with Crippen LogP contribution >= 0.6 is 0 Å². The van der Waals surface area contributed by atoms with Crippen LogP contribution in [-0.4, -0.2) is 25.1 Å². The highest BCUT2D eigenvalue weighted by Crippen LogP contribution is 2.33. The number of nitrogens with one attached hydrogen (secondary N) is 1. The summed E-state index contributed by atoms with van der Waals surface area (Å²) in [7, 11) is 2.00. The Hall–Kier alpha value is -1.61. The van der Waals surface area contributed by atoms with Gasteiger partial charge >= 0.3 is 0 Å². The lowest BCUT2D eigenvalue weighted by molar-refractivity contribution is 0.279. The molecule has 112 valence electrons. The summed E-state index contributed by atoms with van der Waals surface area (Å²) in [6, 6.07) is 10.7. The molecule has 0 atom stereocenters. The van der Waals surface area contributed by atoms with Gasteiger partial charge in [0.25, 0.3) is 0 Å². The molecule has 3 heteroatoms. The molecule has 1 fully saturated rings. The van der Waals surface area contributed by atoms with Crippen LogP contribution in [0.15, 0.2) is 30.3 Å². The van der Waals surface area contributed by atoms with Crippen LogP contribution < -0.4 is 10.2 Å². The minimum absolute atomic E-state index is 0.469. The number of fused-ring (bicyclic) bond motifs is 1. The van der Waals surface area contributed by atoms with E-state index < -0.39 is 0 Å². The average molecular weight is 283 g/mol. The molecule has 3 rings (SSSR count). The van der Waals surface area contributed by atoms with Gasteiger partial charge in [0.05, 0.1) is 5.52 Å². The molecule has 0 aliphatic carbocycles. The molecule has 0 unspecified atom stereocenters. The molecule has 21 heavy (non-hydrogen) atoms. The predicted molar refractivity (Wildman–Crippen MR) is 89.7 cm³/mol. The number of piperidine rings is 1. The van der Waals surface area contributed by atoms with Gasteiger partial charge in [-0.2, -0.15) is 0 Å². The Morgan fingerprint density at radius 1 is 1.19 bits per heavy atom. The van der Waals surface area contributed by atoms with Crippen molar-refractivity contribution in [3.63, 3.8) is 0 Å². The van der Waals surface area contributed by atoms with E-state index in [0.29, 0.717) is 5.41 Å². The number of benzene rings is 1. The summed E-state index contributed by atoms with van der Waals surface area (Å²) < 4.78 is 0. The first kappa shape index (κ1) is 14.3. The van der Waals surface area contributed by atoms with Gasteiger partial charge in [-0.3, -0.25) is 0 Å². The lowest BCUT2D eigenvalue weighted by Gasteiger charge is -2.38. The van der Waals surface area contributed by atoms with E-state index in [1.807, 2.05) is 7.05 Å². The molecule has 2 aromatic rings. The molecule has 0 radical (unpaired) electrons. The predicted octanol–water partition coefficient (Wildman–Crippen LogP) is 3.58. The van der Waals surface area contributed by atoms with E-state index in [0.717, 1.165) is 25.2 Å². The van der Waals surface area contributed by atoms with Gasteiger partial charge in [-0.15, -0.1) is 0 Å². The van der Waals surface area contributed by atoms with E-state index in [2.05, 4.69) is 54.4 Å². The molecule has 1 aromatic heterocycles. The van der Waals surface area contributed by atoms with Gasteiger partial charge in [0.1, 0.15) is 5.82 Å². The zero-order chi connectivity index (χ0) is 14.9. The molecule has 0 spiro atoms. The fraction of sp³-hybridized carbons (Fsp3) is 0.500. The normalized spacial score (nSPS) is 18.1. The van der Waals surface area contributed by atoms with Gasteiger partial charge in [-0.1, -0.05) is 32.0 Å². The van der Waals surface area contributed by atoms with E-state index in [1.54, 1.807) is 0 Å². The Bertz CT molecular complexity index is 623. The van der Waals surface area contributed by atoms with Crippen LogP contribution in [0.2, 0.25) is 0 Å². The molecule has 0 amide bonds. The van der Waals surface area contributed by atoms with Crippen LogP contribution in [0.25, 0.3) is 10.9 Å². The first-order valence-electron chi connectivity index (χ1n) is 7.87. The average Bonchev–Trinajstić information content (AvgIpc) is 2.47. The molecular formula is C18H25N3. The molecule has 0 bridgehead atoms. The molecule has 1 aliphatic heterocycles. The Kier molecular flexibility index (Phi) is 3.85. The minimum Gasteiger partial charge on any atom is -0.356 e. The molecule has 0 saturated carbocycles. The number of nitrogens with zero attached hydrogens (tertiary/aromatic N) is 2. The van der Waals surface area contributed by atoms with Crippen molar-refractivity contribution in [2.24, 2.45) is 5.41 Å². The van der Waals surface area contributed by atoms with E-state index in [9.17, 15) is 0 Å². The van der Waals surface area contributed by atoms with Gasteiger partial charge < -0.3 is 10.2 Å².